The Balaban J connectivity index is 3.10. The molecule has 110 valence electrons. The van der Waals surface area contributed by atoms with E-state index in [1.165, 1.54) is 57.8 Å². The standard InChI is InChI=1S/C14H31O2PS/c1-3-5-7-9-11-13-16-17(15)18-14-12-10-8-6-4-2/h15H,3-14H2,1-2H3. The van der Waals surface area contributed by atoms with E-state index in [4.69, 9.17) is 4.52 Å². The van der Waals surface area contributed by atoms with E-state index in [1.54, 1.807) is 11.4 Å². The van der Waals surface area contributed by atoms with Gasteiger partial charge in [-0.1, -0.05) is 76.6 Å². The Kier molecular flexibility index (Phi) is 16.4. The monoisotopic (exact) mass is 294 g/mol. The van der Waals surface area contributed by atoms with Gasteiger partial charge in [0.05, 0.1) is 6.61 Å². The summed E-state index contributed by atoms with van der Waals surface area (Å²) in [6.45, 7) is 5.19. The molecule has 0 bridgehead atoms. The summed E-state index contributed by atoms with van der Waals surface area (Å²) in [4.78, 5) is 9.66. The van der Waals surface area contributed by atoms with Crippen molar-refractivity contribution in [3.05, 3.63) is 0 Å². The Bertz CT molecular complexity index is 143. The Labute approximate surface area is 119 Å². The summed E-state index contributed by atoms with van der Waals surface area (Å²) < 4.78 is 5.43. The number of hydrogen-bond donors (Lipinski definition) is 1. The van der Waals surface area contributed by atoms with E-state index in [1.807, 2.05) is 0 Å². The van der Waals surface area contributed by atoms with Gasteiger partial charge in [0, 0.05) is 5.75 Å². The number of unbranched alkanes of at least 4 members (excludes halogenated alkanes) is 8. The lowest BCUT2D eigenvalue weighted by molar-refractivity contribution is 0.309. The van der Waals surface area contributed by atoms with Gasteiger partial charge < -0.3 is 9.42 Å². The lowest BCUT2D eigenvalue weighted by Gasteiger charge is -2.09. The molecular weight excluding hydrogens is 263 g/mol. The number of rotatable bonds is 14. The molecule has 0 radical (unpaired) electrons. The van der Waals surface area contributed by atoms with Gasteiger partial charge in [-0.15, -0.1) is 0 Å². The molecule has 0 aliphatic carbocycles. The van der Waals surface area contributed by atoms with Crippen molar-refractivity contribution in [2.45, 2.75) is 78.1 Å². The zero-order valence-electron chi connectivity index (χ0n) is 12.2. The van der Waals surface area contributed by atoms with Crippen molar-refractivity contribution >= 4 is 19.0 Å². The lowest BCUT2D eigenvalue weighted by Crippen LogP contribution is -1.89. The van der Waals surface area contributed by atoms with Crippen LogP contribution in [0.5, 0.6) is 0 Å². The lowest BCUT2D eigenvalue weighted by atomic mass is 10.2. The summed E-state index contributed by atoms with van der Waals surface area (Å²) >= 11 is 1.60. The van der Waals surface area contributed by atoms with Crippen molar-refractivity contribution in [1.29, 1.82) is 0 Å². The Hall–Kier alpha value is 0.700. The van der Waals surface area contributed by atoms with Gasteiger partial charge in [0.2, 0.25) is 7.58 Å². The van der Waals surface area contributed by atoms with Crippen LogP contribution >= 0.6 is 19.0 Å². The van der Waals surface area contributed by atoms with Crippen molar-refractivity contribution < 1.29 is 9.42 Å². The van der Waals surface area contributed by atoms with E-state index in [0.29, 0.717) is 0 Å². The molecule has 2 nitrogen and oxygen atoms in total. The van der Waals surface area contributed by atoms with Crippen LogP contribution in [0.3, 0.4) is 0 Å². The highest BCUT2D eigenvalue weighted by atomic mass is 32.7. The minimum atomic E-state index is -1.21. The third-order valence-corrected chi connectivity index (χ3v) is 5.52. The van der Waals surface area contributed by atoms with Crippen LogP contribution in [0.2, 0.25) is 0 Å². The zero-order valence-corrected chi connectivity index (χ0v) is 13.9. The summed E-state index contributed by atoms with van der Waals surface area (Å²) in [7, 11) is -1.21. The third kappa shape index (κ3) is 14.8. The first-order valence-corrected chi connectivity index (χ1v) is 10.4. The molecule has 1 atom stereocenters. The maximum atomic E-state index is 9.66. The van der Waals surface area contributed by atoms with E-state index in [9.17, 15) is 4.89 Å². The van der Waals surface area contributed by atoms with E-state index < -0.39 is 7.58 Å². The SMILES string of the molecule is CCCCCCCOP(O)SCCCCCCC. The summed E-state index contributed by atoms with van der Waals surface area (Å²) in [5.41, 5.74) is 0. The Morgan fingerprint density at radius 3 is 2.00 bits per heavy atom. The zero-order chi connectivity index (χ0) is 13.5. The topological polar surface area (TPSA) is 29.5 Å². The fraction of sp³-hybridized carbons (Fsp3) is 1.00. The summed E-state index contributed by atoms with van der Waals surface area (Å²) in [6, 6.07) is 0. The van der Waals surface area contributed by atoms with Crippen molar-refractivity contribution in [2.75, 3.05) is 12.4 Å². The van der Waals surface area contributed by atoms with Crippen LogP contribution in [0.4, 0.5) is 0 Å². The van der Waals surface area contributed by atoms with Crippen molar-refractivity contribution in [3.8, 4) is 0 Å². The van der Waals surface area contributed by atoms with E-state index in [2.05, 4.69) is 13.8 Å². The van der Waals surface area contributed by atoms with Crippen molar-refractivity contribution in [2.24, 2.45) is 0 Å². The molecule has 0 rings (SSSR count). The van der Waals surface area contributed by atoms with Crippen LogP contribution in [-0.4, -0.2) is 17.3 Å². The molecule has 0 spiro atoms. The Morgan fingerprint density at radius 2 is 1.39 bits per heavy atom. The van der Waals surface area contributed by atoms with Gasteiger partial charge in [-0.25, -0.2) is 0 Å². The predicted molar refractivity (Wildman–Crippen MR) is 85.1 cm³/mol. The summed E-state index contributed by atoms with van der Waals surface area (Å²) in [5, 5.41) is 0. The van der Waals surface area contributed by atoms with Gasteiger partial charge in [0.1, 0.15) is 0 Å². The highest BCUT2D eigenvalue weighted by Crippen LogP contribution is 2.47. The average Bonchev–Trinajstić information content (AvgIpc) is 2.38. The molecule has 1 unspecified atom stereocenters. The van der Waals surface area contributed by atoms with Gasteiger partial charge in [-0.2, -0.15) is 0 Å². The third-order valence-electron chi connectivity index (χ3n) is 2.90. The average molecular weight is 294 g/mol. The molecule has 0 aliphatic rings. The maximum Gasteiger partial charge on any atom is 0.235 e. The van der Waals surface area contributed by atoms with Crippen LogP contribution in [0.25, 0.3) is 0 Å². The quantitative estimate of drug-likeness (QED) is 0.319. The van der Waals surface area contributed by atoms with Gasteiger partial charge in [0.15, 0.2) is 0 Å². The summed E-state index contributed by atoms with van der Waals surface area (Å²) in [5.74, 6) is 1.04. The fourth-order valence-electron chi connectivity index (χ4n) is 1.73. The van der Waals surface area contributed by atoms with Crippen LogP contribution < -0.4 is 0 Å². The van der Waals surface area contributed by atoms with Gasteiger partial charge in [-0.05, 0) is 12.8 Å². The first kappa shape index (κ1) is 18.7. The van der Waals surface area contributed by atoms with Crippen molar-refractivity contribution in [3.63, 3.8) is 0 Å². The minimum Gasteiger partial charge on any atom is -0.342 e. The van der Waals surface area contributed by atoms with Crippen molar-refractivity contribution in [1.82, 2.24) is 0 Å². The van der Waals surface area contributed by atoms with E-state index in [0.717, 1.165) is 18.8 Å². The molecule has 0 heterocycles. The highest BCUT2D eigenvalue weighted by molar-refractivity contribution is 8.52. The van der Waals surface area contributed by atoms with Gasteiger partial charge in [-0.3, -0.25) is 0 Å². The molecule has 18 heavy (non-hydrogen) atoms. The van der Waals surface area contributed by atoms with E-state index in [-0.39, 0.29) is 0 Å². The molecule has 0 aromatic carbocycles. The number of hydrogen-bond acceptors (Lipinski definition) is 3. The largest absolute Gasteiger partial charge is 0.342 e. The second-order valence-corrected chi connectivity index (χ2v) is 7.84. The molecule has 0 fully saturated rings. The second kappa shape index (κ2) is 15.8. The van der Waals surface area contributed by atoms with Crippen LogP contribution in [0, 0.1) is 0 Å². The maximum absolute atomic E-state index is 9.66. The predicted octanol–water partition coefficient (Wildman–Crippen LogP) is 5.90. The molecule has 0 saturated heterocycles. The van der Waals surface area contributed by atoms with Gasteiger partial charge in [0.25, 0.3) is 0 Å². The second-order valence-electron chi connectivity index (χ2n) is 4.73. The molecule has 0 saturated carbocycles. The fourth-order valence-corrected chi connectivity index (χ4v) is 3.89. The molecular formula is C14H31O2PS. The smallest absolute Gasteiger partial charge is 0.235 e. The molecule has 4 heteroatoms. The minimum absolute atomic E-state index is 0.731. The van der Waals surface area contributed by atoms with E-state index >= 15 is 0 Å². The molecule has 1 N–H and O–H groups in total. The highest BCUT2D eigenvalue weighted by Gasteiger charge is 2.05. The normalized spacial score (nSPS) is 12.8. The first-order valence-electron chi connectivity index (χ1n) is 7.56. The molecule has 0 aromatic heterocycles. The van der Waals surface area contributed by atoms with Crippen LogP contribution in [-0.2, 0) is 4.52 Å². The molecule has 0 amide bonds. The van der Waals surface area contributed by atoms with Crippen LogP contribution in [0.1, 0.15) is 78.1 Å². The molecule has 0 aromatic rings. The molecule has 0 aliphatic heterocycles. The first-order chi connectivity index (χ1) is 8.81. The summed E-state index contributed by atoms with van der Waals surface area (Å²) in [6.07, 6.45) is 12.7. The van der Waals surface area contributed by atoms with Crippen LogP contribution in [0.15, 0.2) is 0 Å². The van der Waals surface area contributed by atoms with Gasteiger partial charge >= 0.3 is 0 Å². The Morgan fingerprint density at radius 1 is 0.833 bits per heavy atom.